The van der Waals surface area contributed by atoms with Crippen molar-refractivity contribution in [2.24, 2.45) is 5.73 Å². The maximum Gasteiger partial charge on any atom is 0.333 e. The van der Waals surface area contributed by atoms with Gasteiger partial charge in [0.2, 0.25) is 5.91 Å². The zero-order valence-electron chi connectivity index (χ0n) is 13.0. The number of anilines is 2. The van der Waals surface area contributed by atoms with Crippen molar-refractivity contribution >= 4 is 34.2 Å². The Morgan fingerprint density at radius 2 is 2.00 bits per heavy atom. The van der Waals surface area contributed by atoms with Gasteiger partial charge >= 0.3 is 6.03 Å². The molecule has 0 fully saturated rings. The van der Waals surface area contributed by atoms with Gasteiger partial charge in [0.1, 0.15) is 0 Å². The number of benzene rings is 1. The second-order valence-corrected chi connectivity index (χ2v) is 5.65. The van der Waals surface area contributed by atoms with Crippen molar-refractivity contribution in [3.05, 3.63) is 41.3 Å². The lowest BCUT2D eigenvalue weighted by molar-refractivity contribution is -0.114. The fourth-order valence-electron chi connectivity index (χ4n) is 2.09. The Balaban J connectivity index is 2.22. The van der Waals surface area contributed by atoms with Crippen LogP contribution in [-0.4, -0.2) is 28.5 Å². The Kier molecular flexibility index (Phi) is 5.53. The third-order valence-corrected chi connectivity index (χ3v) is 3.81. The number of rotatable bonds is 6. The highest BCUT2D eigenvalue weighted by molar-refractivity contribution is 7.14. The normalized spacial score (nSPS) is 10.2. The van der Waals surface area contributed by atoms with Crippen LogP contribution in [0.3, 0.4) is 0 Å². The second-order valence-electron chi connectivity index (χ2n) is 4.79. The first-order valence-electron chi connectivity index (χ1n) is 7.12. The number of nitrogens with one attached hydrogen (secondary N) is 1. The number of nitrogens with zero attached hydrogens (tertiary/aromatic N) is 3. The van der Waals surface area contributed by atoms with Gasteiger partial charge in [-0.1, -0.05) is 30.3 Å². The highest BCUT2D eigenvalue weighted by atomic mass is 32.1. The Morgan fingerprint density at radius 1 is 1.30 bits per heavy atom. The van der Waals surface area contributed by atoms with E-state index in [0.717, 1.165) is 5.56 Å². The summed E-state index contributed by atoms with van der Waals surface area (Å²) in [6.07, 6.45) is 0. The number of nitrogens with two attached hydrogens (primary N) is 1. The summed E-state index contributed by atoms with van der Waals surface area (Å²) >= 11 is 1.29. The summed E-state index contributed by atoms with van der Waals surface area (Å²) in [5.74, 6) is 0.376. The number of amides is 3. The van der Waals surface area contributed by atoms with Crippen LogP contribution in [0.15, 0.2) is 35.7 Å². The maximum absolute atomic E-state index is 11.9. The topological polar surface area (TPSA) is 91.6 Å². The number of hydrazine groups is 1. The molecule has 0 atom stereocenters. The Bertz CT molecular complexity index is 674. The molecule has 0 aliphatic carbocycles. The van der Waals surface area contributed by atoms with E-state index in [1.807, 2.05) is 37.3 Å². The van der Waals surface area contributed by atoms with Gasteiger partial charge in [0.25, 0.3) is 0 Å². The van der Waals surface area contributed by atoms with E-state index in [1.165, 1.54) is 23.3 Å². The fraction of sp³-hybridized carbons (Fsp3) is 0.267. The van der Waals surface area contributed by atoms with Crippen molar-refractivity contribution in [1.82, 2.24) is 9.99 Å². The molecule has 8 heteroatoms. The lowest BCUT2D eigenvalue weighted by Gasteiger charge is -2.32. The number of hydrogen-bond acceptors (Lipinski definition) is 5. The molecule has 2 rings (SSSR count). The predicted octanol–water partition coefficient (Wildman–Crippen LogP) is 2.42. The number of carbonyl (C=O) groups is 2. The third-order valence-electron chi connectivity index (χ3n) is 3.06. The number of aromatic nitrogens is 1. The molecule has 0 unspecified atom stereocenters. The van der Waals surface area contributed by atoms with E-state index in [0.29, 0.717) is 24.0 Å². The first kappa shape index (κ1) is 16.8. The average molecular weight is 333 g/mol. The number of carbonyl (C=O) groups excluding carboxylic acids is 2. The zero-order chi connectivity index (χ0) is 16.8. The molecule has 0 saturated heterocycles. The summed E-state index contributed by atoms with van der Waals surface area (Å²) in [5.41, 5.74) is 6.50. The molecule has 0 spiro atoms. The fourth-order valence-corrected chi connectivity index (χ4v) is 2.83. The molecule has 1 aromatic heterocycles. The SMILES string of the molecule is CCN(c1csc(NC(C)=O)n1)N(Cc1ccccc1)C(N)=O. The Labute approximate surface area is 138 Å². The minimum Gasteiger partial charge on any atom is -0.350 e. The van der Waals surface area contributed by atoms with Gasteiger partial charge in [-0.2, -0.15) is 0 Å². The van der Waals surface area contributed by atoms with E-state index in [1.54, 1.807) is 10.4 Å². The van der Waals surface area contributed by atoms with Crippen LogP contribution in [0, 0.1) is 0 Å². The average Bonchev–Trinajstić information content (AvgIpc) is 2.95. The number of urea groups is 1. The van der Waals surface area contributed by atoms with Gasteiger partial charge in [0.15, 0.2) is 10.9 Å². The minimum atomic E-state index is -0.565. The van der Waals surface area contributed by atoms with Crippen molar-refractivity contribution in [3.8, 4) is 0 Å². The van der Waals surface area contributed by atoms with Crippen LogP contribution in [0.4, 0.5) is 15.7 Å². The van der Waals surface area contributed by atoms with E-state index in [9.17, 15) is 9.59 Å². The largest absolute Gasteiger partial charge is 0.350 e. The Hall–Kier alpha value is -2.61. The summed E-state index contributed by atoms with van der Waals surface area (Å²) in [7, 11) is 0. The standard InChI is InChI=1S/C15H19N5O2S/c1-3-19(13-10-23-15(18-13)17-11(2)21)20(14(16)22)9-12-7-5-4-6-8-12/h4-8,10H,3,9H2,1-2H3,(H2,16,22)(H,17,18,21). The molecule has 2 aromatic rings. The molecular weight excluding hydrogens is 314 g/mol. The van der Waals surface area contributed by atoms with Crippen LogP contribution in [-0.2, 0) is 11.3 Å². The molecule has 122 valence electrons. The van der Waals surface area contributed by atoms with Gasteiger partial charge in [-0.05, 0) is 12.5 Å². The van der Waals surface area contributed by atoms with Crippen LogP contribution in [0.1, 0.15) is 19.4 Å². The van der Waals surface area contributed by atoms with Crippen LogP contribution >= 0.6 is 11.3 Å². The van der Waals surface area contributed by atoms with Crippen LogP contribution in [0.25, 0.3) is 0 Å². The van der Waals surface area contributed by atoms with Crippen molar-refractivity contribution < 1.29 is 9.59 Å². The summed E-state index contributed by atoms with van der Waals surface area (Å²) in [6, 6.07) is 9.01. The van der Waals surface area contributed by atoms with E-state index in [2.05, 4.69) is 10.3 Å². The lowest BCUT2D eigenvalue weighted by Crippen LogP contribution is -2.49. The smallest absolute Gasteiger partial charge is 0.333 e. The van der Waals surface area contributed by atoms with Crippen molar-refractivity contribution in [2.45, 2.75) is 20.4 Å². The highest BCUT2D eigenvalue weighted by Crippen LogP contribution is 2.24. The predicted molar refractivity (Wildman–Crippen MR) is 91.0 cm³/mol. The van der Waals surface area contributed by atoms with Gasteiger partial charge in [-0.3, -0.25) is 9.80 Å². The first-order chi connectivity index (χ1) is 11.0. The molecule has 1 heterocycles. The molecule has 23 heavy (non-hydrogen) atoms. The van der Waals surface area contributed by atoms with Gasteiger partial charge in [0.05, 0.1) is 6.54 Å². The van der Waals surface area contributed by atoms with Crippen molar-refractivity contribution in [3.63, 3.8) is 0 Å². The van der Waals surface area contributed by atoms with Crippen LogP contribution in [0.2, 0.25) is 0 Å². The van der Waals surface area contributed by atoms with Gasteiger partial charge in [-0.15, -0.1) is 11.3 Å². The molecule has 0 aliphatic rings. The molecule has 0 radical (unpaired) electrons. The van der Waals surface area contributed by atoms with E-state index >= 15 is 0 Å². The third kappa shape index (κ3) is 4.43. The number of thiazole rings is 1. The number of hydrogen-bond donors (Lipinski definition) is 2. The van der Waals surface area contributed by atoms with Crippen molar-refractivity contribution in [1.29, 1.82) is 0 Å². The van der Waals surface area contributed by atoms with Gasteiger partial charge in [0, 0.05) is 18.8 Å². The molecule has 0 bridgehead atoms. The molecule has 3 amide bonds. The van der Waals surface area contributed by atoms with E-state index < -0.39 is 6.03 Å². The molecule has 3 N–H and O–H groups in total. The molecule has 1 aromatic carbocycles. The van der Waals surface area contributed by atoms with E-state index in [4.69, 9.17) is 5.73 Å². The maximum atomic E-state index is 11.9. The summed E-state index contributed by atoms with van der Waals surface area (Å²) in [6.45, 7) is 4.18. The quantitative estimate of drug-likeness (QED) is 0.794. The highest BCUT2D eigenvalue weighted by Gasteiger charge is 2.21. The van der Waals surface area contributed by atoms with Crippen LogP contribution in [0.5, 0.6) is 0 Å². The van der Waals surface area contributed by atoms with Gasteiger partial charge in [-0.25, -0.2) is 14.8 Å². The molecule has 0 saturated carbocycles. The molecule has 7 nitrogen and oxygen atoms in total. The van der Waals surface area contributed by atoms with Crippen LogP contribution < -0.4 is 16.1 Å². The zero-order valence-corrected chi connectivity index (χ0v) is 13.8. The summed E-state index contributed by atoms with van der Waals surface area (Å²) < 4.78 is 0. The minimum absolute atomic E-state index is 0.190. The molecular formula is C15H19N5O2S. The van der Waals surface area contributed by atoms with E-state index in [-0.39, 0.29) is 5.91 Å². The molecule has 0 aliphatic heterocycles. The first-order valence-corrected chi connectivity index (χ1v) is 8.00. The number of primary amides is 1. The second kappa shape index (κ2) is 7.59. The van der Waals surface area contributed by atoms with Crippen molar-refractivity contribution in [2.75, 3.05) is 16.9 Å². The monoisotopic (exact) mass is 333 g/mol. The lowest BCUT2D eigenvalue weighted by atomic mass is 10.2. The van der Waals surface area contributed by atoms with Gasteiger partial charge < -0.3 is 11.1 Å². The summed E-state index contributed by atoms with van der Waals surface area (Å²) in [4.78, 5) is 27.3. The Morgan fingerprint density at radius 3 is 2.57 bits per heavy atom. The summed E-state index contributed by atoms with van der Waals surface area (Å²) in [5, 5.41) is 8.01.